The van der Waals surface area contributed by atoms with Crippen molar-refractivity contribution in [2.75, 3.05) is 0 Å². The van der Waals surface area contributed by atoms with Crippen LogP contribution in [0.1, 0.15) is 17.1 Å². The van der Waals surface area contributed by atoms with E-state index in [9.17, 15) is 0 Å². The van der Waals surface area contributed by atoms with E-state index in [0.29, 0.717) is 5.75 Å². The summed E-state index contributed by atoms with van der Waals surface area (Å²) in [6.45, 7) is 4.06. The van der Waals surface area contributed by atoms with E-state index >= 15 is 0 Å². The third-order valence-corrected chi connectivity index (χ3v) is 2.64. The molecule has 0 saturated carbocycles. The van der Waals surface area contributed by atoms with Crippen molar-refractivity contribution in [3.05, 3.63) is 47.4 Å². The van der Waals surface area contributed by atoms with Crippen LogP contribution in [0.25, 0.3) is 11.3 Å². The molecule has 0 N–H and O–H groups in total. The second-order valence-electron chi connectivity index (χ2n) is 3.84. The molecule has 1 aromatic heterocycles. The van der Waals surface area contributed by atoms with Crippen LogP contribution in [0.15, 0.2) is 30.3 Å². The summed E-state index contributed by atoms with van der Waals surface area (Å²) in [6.07, 6.45) is 0. The molecule has 16 heavy (non-hydrogen) atoms. The van der Waals surface area contributed by atoms with Crippen LogP contribution in [0.4, 0.5) is 0 Å². The van der Waals surface area contributed by atoms with Gasteiger partial charge in [-0.1, -0.05) is 23.8 Å². The summed E-state index contributed by atoms with van der Waals surface area (Å²) in [6, 6.07) is 10.3. The van der Waals surface area contributed by atoms with E-state index in [1.165, 1.54) is 5.56 Å². The number of rotatable bonds is 2. The first-order valence-corrected chi connectivity index (χ1v) is 5.85. The summed E-state index contributed by atoms with van der Waals surface area (Å²) in [5, 5.41) is 0. The molecule has 0 aliphatic heterocycles. The maximum Gasteiger partial charge on any atom is 0.138 e. The van der Waals surface area contributed by atoms with E-state index in [2.05, 4.69) is 47.7 Å². The van der Waals surface area contributed by atoms with Gasteiger partial charge in [-0.25, -0.2) is 9.97 Å². The lowest BCUT2D eigenvalue weighted by molar-refractivity contribution is 1.00. The molecule has 0 saturated heterocycles. The minimum Gasteiger partial charge on any atom is -0.237 e. The Morgan fingerprint density at radius 1 is 1.12 bits per heavy atom. The van der Waals surface area contributed by atoms with E-state index in [-0.39, 0.29) is 0 Å². The molecule has 0 fully saturated rings. The summed E-state index contributed by atoms with van der Waals surface area (Å²) in [5.74, 6) is 1.35. The molecule has 2 rings (SSSR count). The van der Waals surface area contributed by atoms with E-state index in [1.807, 2.05) is 19.1 Å². The molecule has 0 aliphatic rings. The Hall–Kier alpha value is -1.35. The monoisotopic (exact) mass is 230 g/mol. The molecule has 2 nitrogen and oxygen atoms in total. The van der Waals surface area contributed by atoms with E-state index < -0.39 is 0 Å². The second-order valence-corrected chi connectivity index (χ2v) is 4.15. The fraction of sp³-hybridized carbons (Fsp3) is 0.231. The van der Waals surface area contributed by atoms with Gasteiger partial charge in [-0.2, -0.15) is 12.6 Å². The Morgan fingerprint density at radius 3 is 2.62 bits per heavy atom. The predicted octanol–water partition coefficient (Wildman–Crippen LogP) is 3.19. The molecule has 0 amide bonds. The maximum absolute atomic E-state index is 4.48. The molecule has 1 heterocycles. The van der Waals surface area contributed by atoms with Crippen LogP contribution in [0, 0.1) is 13.8 Å². The van der Waals surface area contributed by atoms with Gasteiger partial charge in [-0.05, 0) is 26.0 Å². The van der Waals surface area contributed by atoms with Crippen LogP contribution in [0.3, 0.4) is 0 Å². The molecule has 82 valence electrons. The molecule has 0 spiro atoms. The topological polar surface area (TPSA) is 25.8 Å². The molecule has 2 aromatic rings. The smallest absolute Gasteiger partial charge is 0.138 e. The predicted molar refractivity (Wildman–Crippen MR) is 69.6 cm³/mol. The Balaban J connectivity index is 2.51. The number of hydrogen-bond donors (Lipinski definition) is 1. The van der Waals surface area contributed by atoms with Gasteiger partial charge in [0.2, 0.25) is 0 Å². The van der Waals surface area contributed by atoms with E-state index in [1.54, 1.807) is 0 Å². The van der Waals surface area contributed by atoms with Gasteiger partial charge < -0.3 is 0 Å². The minimum absolute atomic E-state index is 0.570. The summed E-state index contributed by atoms with van der Waals surface area (Å²) in [7, 11) is 0. The molecule has 0 bridgehead atoms. The lowest BCUT2D eigenvalue weighted by Gasteiger charge is -2.05. The Labute approximate surface area is 101 Å². The molecular weight excluding hydrogens is 216 g/mol. The lowest BCUT2D eigenvalue weighted by Crippen LogP contribution is -1.96. The van der Waals surface area contributed by atoms with Crippen LogP contribution >= 0.6 is 12.6 Å². The largest absolute Gasteiger partial charge is 0.237 e. The molecule has 0 radical (unpaired) electrons. The zero-order valence-electron chi connectivity index (χ0n) is 9.44. The summed E-state index contributed by atoms with van der Waals surface area (Å²) in [5.41, 5.74) is 4.32. The van der Waals surface area contributed by atoms with Crippen LogP contribution in [0.5, 0.6) is 0 Å². The van der Waals surface area contributed by atoms with E-state index in [0.717, 1.165) is 22.8 Å². The average Bonchev–Trinajstić information content (AvgIpc) is 2.28. The maximum atomic E-state index is 4.48. The van der Waals surface area contributed by atoms with Crippen LogP contribution in [0.2, 0.25) is 0 Å². The number of aromatic nitrogens is 2. The lowest BCUT2D eigenvalue weighted by atomic mass is 10.1. The van der Waals surface area contributed by atoms with Crippen molar-refractivity contribution in [3.63, 3.8) is 0 Å². The highest BCUT2D eigenvalue weighted by Gasteiger charge is 2.03. The highest BCUT2D eigenvalue weighted by Crippen LogP contribution is 2.19. The average molecular weight is 230 g/mol. The quantitative estimate of drug-likeness (QED) is 0.802. The standard InChI is InChI=1S/C13H14N2S/c1-9-4-3-5-11(6-9)12-7-10(2)14-13(8-16)15-12/h3-7,16H,8H2,1-2H3. The van der Waals surface area contributed by atoms with Crippen LogP contribution < -0.4 is 0 Å². The fourth-order valence-corrected chi connectivity index (χ4v) is 1.79. The zero-order valence-corrected chi connectivity index (χ0v) is 10.3. The molecule has 0 unspecified atom stereocenters. The third kappa shape index (κ3) is 2.42. The van der Waals surface area contributed by atoms with Crippen molar-refractivity contribution >= 4 is 12.6 Å². The first kappa shape index (κ1) is 11.1. The Kier molecular flexibility index (Phi) is 3.25. The van der Waals surface area contributed by atoms with Gasteiger partial charge in [-0.15, -0.1) is 0 Å². The summed E-state index contributed by atoms with van der Waals surface area (Å²) < 4.78 is 0. The molecule has 1 aromatic carbocycles. The van der Waals surface area contributed by atoms with Gasteiger partial charge in [0.25, 0.3) is 0 Å². The van der Waals surface area contributed by atoms with Crippen molar-refractivity contribution in [1.82, 2.24) is 9.97 Å². The second kappa shape index (κ2) is 4.66. The van der Waals surface area contributed by atoms with E-state index in [4.69, 9.17) is 0 Å². The van der Waals surface area contributed by atoms with Gasteiger partial charge in [0, 0.05) is 11.3 Å². The fourth-order valence-electron chi connectivity index (χ4n) is 1.65. The first-order chi connectivity index (χ1) is 7.69. The minimum atomic E-state index is 0.570. The third-order valence-electron chi connectivity index (χ3n) is 2.36. The van der Waals surface area contributed by atoms with Crippen molar-refractivity contribution < 1.29 is 0 Å². The molecular formula is C13H14N2S. The Morgan fingerprint density at radius 2 is 1.94 bits per heavy atom. The van der Waals surface area contributed by atoms with Gasteiger partial charge in [0.15, 0.2) is 0 Å². The van der Waals surface area contributed by atoms with Crippen molar-refractivity contribution in [1.29, 1.82) is 0 Å². The van der Waals surface area contributed by atoms with Crippen molar-refractivity contribution in [2.45, 2.75) is 19.6 Å². The summed E-state index contributed by atoms with van der Waals surface area (Å²) >= 11 is 4.21. The number of nitrogens with zero attached hydrogens (tertiary/aromatic N) is 2. The number of aryl methyl sites for hydroxylation is 2. The Bertz CT molecular complexity index is 509. The zero-order chi connectivity index (χ0) is 11.5. The first-order valence-electron chi connectivity index (χ1n) is 5.21. The molecule has 0 atom stereocenters. The number of hydrogen-bond acceptors (Lipinski definition) is 3. The van der Waals surface area contributed by atoms with Gasteiger partial charge in [-0.3, -0.25) is 0 Å². The number of benzene rings is 1. The van der Waals surface area contributed by atoms with Gasteiger partial charge in [0.1, 0.15) is 5.82 Å². The highest BCUT2D eigenvalue weighted by atomic mass is 32.1. The van der Waals surface area contributed by atoms with Crippen molar-refractivity contribution in [2.24, 2.45) is 0 Å². The normalized spacial score (nSPS) is 10.4. The molecule has 3 heteroatoms. The highest BCUT2D eigenvalue weighted by molar-refractivity contribution is 7.79. The van der Waals surface area contributed by atoms with Gasteiger partial charge >= 0.3 is 0 Å². The SMILES string of the molecule is Cc1cccc(-c2cc(C)nc(CS)n2)c1. The number of thiol groups is 1. The van der Waals surface area contributed by atoms with Crippen LogP contribution in [-0.4, -0.2) is 9.97 Å². The molecule has 0 aliphatic carbocycles. The van der Waals surface area contributed by atoms with Gasteiger partial charge in [0.05, 0.1) is 11.4 Å². The van der Waals surface area contributed by atoms with Crippen LogP contribution in [-0.2, 0) is 5.75 Å². The van der Waals surface area contributed by atoms with Crippen molar-refractivity contribution in [3.8, 4) is 11.3 Å². The summed E-state index contributed by atoms with van der Waals surface area (Å²) in [4.78, 5) is 8.79.